The number of piperidine rings is 1. The summed E-state index contributed by atoms with van der Waals surface area (Å²) in [5.41, 5.74) is 3.07. The molecule has 1 fully saturated rings. The molecule has 0 saturated carbocycles. The molecular formula is C32H31ClN2O7S2. The standard InChI is InChI=1S/C32H31ClN2O7S2/c33-28-29(41-20-27(36)37)31(32(38)42-19-22-8-3-1-4-9-22)43-30(28)24-12-7-13-26(18-24)34-25-14-16-35(17-15-25)44(39,40)21-23-10-5-2-6-11-23/h1-13,18,25,34H,14-17,19-21H2,(H,36,37). The van der Waals surface area contributed by atoms with Crippen LogP contribution in [0.1, 0.15) is 33.6 Å². The molecule has 1 aliphatic heterocycles. The molecule has 2 N–H and O–H groups in total. The van der Waals surface area contributed by atoms with Crippen LogP contribution in [0.5, 0.6) is 5.75 Å². The van der Waals surface area contributed by atoms with E-state index in [9.17, 15) is 18.0 Å². The molecule has 0 spiro atoms. The van der Waals surface area contributed by atoms with Crippen molar-refractivity contribution in [3.63, 3.8) is 0 Å². The zero-order valence-corrected chi connectivity index (χ0v) is 26.0. The third kappa shape index (κ3) is 7.97. The van der Waals surface area contributed by atoms with Gasteiger partial charge in [0.05, 0.1) is 10.6 Å². The molecule has 4 aromatic rings. The van der Waals surface area contributed by atoms with Crippen molar-refractivity contribution < 1.29 is 32.6 Å². The number of sulfonamides is 1. The Kier molecular flexibility index (Phi) is 10.2. The summed E-state index contributed by atoms with van der Waals surface area (Å²) in [6.45, 7) is 0.203. The number of esters is 1. The minimum absolute atomic E-state index is 0.0183. The summed E-state index contributed by atoms with van der Waals surface area (Å²) in [7, 11) is -3.41. The van der Waals surface area contributed by atoms with Crippen molar-refractivity contribution in [3.8, 4) is 16.2 Å². The molecule has 44 heavy (non-hydrogen) atoms. The van der Waals surface area contributed by atoms with E-state index in [2.05, 4.69) is 5.32 Å². The third-order valence-electron chi connectivity index (χ3n) is 7.08. The number of anilines is 1. The minimum atomic E-state index is -3.41. The minimum Gasteiger partial charge on any atom is -0.479 e. The van der Waals surface area contributed by atoms with Gasteiger partial charge in [-0.3, -0.25) is 0 Å². The van der Waals surface area contributed by atoms with Crippen LogP contribution < -0.4 is 10.1 Å². The summed E-state index contributed by atoms with van der Waals surface area (Å²) >= 11 is 7.74. The van der Waals surface area contributed by atoms with E-state index in [4.69, 9.17) is 26.2 Å². The van der Waals surface area contributed by atoms with Crippen LogP contribution in [0.3, 0.4) is 0 Å². The van der Waals surface area contributed by atoms with E-state index in [1.54, 1.807) is 4.31 Å². The molecule has 3 aromatic carbocycles. The maximum absolute atomic E-state index is 13.1. The topological polar surface area (TPSA) is 122 Å². The number of carboxylic acids is 1. The number of hydrogen-bond acceptors (Lipinski definition) is 8. The highest BCUT2D eigenvalue weighted by molar-refractivity contribution is 7.88. The van der Waals surface area contributed by atoms with Crippen molar-refractivity contribution in [1.29, 1.82) is 0 Å². The maximum Gasteiger partial charge on any atom is 0.352 e. The molecule has 1 saturated heterocycles. The molecule has 9 nitrogen and oxygen atoms in total. The van der Waals surface area contributed by atoms with Crippen LogP contribution in [-0.4, -0.2) is 55.5 Å². The predicted octanol–water partition coefficient (Wildman–Crippen LogP) is 6.30. The third-order valence-corrected chi connectivity index (χ3v) is 10.6. The highest BCUT2D eigenvalue weighted by Crippen LogP contribution is 2.46. The Labute approximate surface area is 265 Å². The van der Waals surface area contributed by atoms with Gasteiger partial charge in [0.1, 0.15) is 11.6 Å². The number of carbonyl (C=O) groups excluding carboxylic acids is 1. The summed E-state index contributed by atoms with van der Waals surface area (Å²) in [5.74, 6) is -1.93. The second kappa shape index (κ2) is 14.3. The second-order valence-electron chi connectivity index (χ2n) is 10.3. The van der Waals surface area contributed by atoms with Crippen molar-refractivity contribution in [3.05, 3.63) is 106 Å². The first-order valence-electron chi connectivity index (χ1n) is 14.0. The normalized spacial score (nSPS) is 14.2. The molecule has 0 atom stereocenters. The second-order valence-corrected chi connectivity index (χ2v) is 13.7. The number of benzene rings is 3. The number of nitrogens with zero attached hydrogens (tertiary/aromatic N) is 1. The fraction of sp³-hybridized carbons (Fsp3) is 0.250. The lowest BCUT2D eigenvalue weighted by molar-refractivity contribution is -0.139. The van der Waals surface area contributed by atoms with E-state index in [-0.39, 0.29) is 34.1 Å². The Bertz CT molecular complexity index is 1710. The molecule has 12 heteroatoms. The number of halogens is 1. The maximum atomic E-state index is 13.1. The van der Waals surface area contributed by atoms with Gasteiger partial charge in [-0.1, -0.05) is 84.4 Å². The van der Waals surface area contributed by atoms with Crippen molar-refractivity contribution in [2.45, 2.75) is 31.2 Å². The number of carboxylic acid groups (broad SMARTS) is 1. The lowest BCUT2D eigenvalue weighted by Gasteiger charge is -2.32. The molecule has 230 valence electrons. The quantitative estimate of drug-likeness (QED) is 0.171. The van der Waals surface area contributed by atoms with Gasteiger partial charge in [-0.15, -0.1) is 11.3 Å². The van der Waals surface area contributed by atoms with Gasteiger partial charge < -0.3 is 19.9 Å². The van der Waals surface area contributed by atoms with E-state index in [0.29, 0.717) is 36.4 Å². The lowest BCUT2D eigenvalue weighted by Crippen LogP contribution is -2.42. The van der Waals surface area contributed by atoms with Gasteiger partial charge in [-0.25, -0.2) is 22.3 Å². The number of rotatable bonds is 12. The number of carbonyl (C=O) groups is 2. The summed E-state index contributed by atoms with van der Waals surface area (Å²) in [6.07, 6.45) is 1.28. The van der Waals surface area contributed by atoms with E-state index < -0.39 is 28.6 Å². The Balaban J connectivity index is 1.27. The average molecular weight is 655 g/mol. The SMILES string of the molecule is O=C(O)COc1c(C(=O)OCc2ccccc2)sc(-c2cccc(NC3CCN(S(=O)(=O)Cc4ccccc4)CC3)c2)c1Cl. The first-order chi connectivity index (χ1) is 21.2. The molecule has 2 heterocycles. The predicted molar refractivity (Wildman–Crippen MR) is 171 cm³/mol. The van der Waals surface area contributed by atoms with E-state index in [1.807, 2.05) is 84.9 Å². The van der Waals surface area contributed by atoms with Crippen LogP contribution >= 0.6 is 22.9 Å². The Morgan fingerprint density at radius 3 is 2.27 bits per heavy atom. The van der Waals surface area contributed by atoms with Crippen LogP contribution in [0, 0.1) is 0 Å². The van der Waals surface area contributed by atoms with Gasteiger partial charge in [0.25, 0.3) is 0 Å². The molecular weight excluding hydrogens is 624 g/mol. The molecule has 0 radical (unpaired) electrons. The zero-order valence-electron chi connectivity index (χ0n) is 23.6. The molecule has 1 aliphatic rings. The highest BCUT2D eigenvalue weighted by Gasteiger charge is 2.29. The Morgan fingerprint density at radius 2 is 1.61 bits per heavy atom. The summed E-state index contributed by atoms with van der Waals surface area (Å²) in [4.78, 5) is 24.9. The molecule has 0 amide bonds. The van der Waals surface area contributed by atoms with Gasteiger partial charge in [-0.2, -0.15) is 0 Å². The molecule has 0 unspecified atom stereocenters. The van der Waals surface area contributed by atoms with Gasteiger partial charge in [0, 0.05) is 24.8 Å². The van der Waals surface area contributed by atoms with Gasteiger partial charge in [0.2, 0.25) is 10.0 Å². The molecule has 0 aliphatic carbocycles. The van der Waals surface area contributed by atoms with Crippen LogP contribution in [0.25, 0.3) is 10.4 Å². The fourth-order valence-corrected chi connectivity index (χ4v) is 7.93. The van der Waals surface area contributed by atoms with Crippen LogP contribution in [0.2, 0.25) is 5.02 Å². The van der Waals surface area contributed by atoms with Crippen molar-refractivity contribution in [1.82, 2.24) is 4.31 Å². The van der Waals surface area contributed by atoms with Crippen molar-refractivity contribution >= 4 is 50.6 Å². The first kappa shape index (κ1) is 31.5. The monoisotopic (exact) mass is 654 g/mol. The smallest absolute Gasteiger partial charge is 0.352 e. The van der Waals surface area contributed by atoms with Crippen molar-refractivity contribution in [2.24, 2.45) is 0 Å². The van der Waals surface area contributed by atoms with Gasteiger partial charge in [0.15, 0.2) is 17.2 Å². The Hall–Kier alpha value is -3.90. The van der Waals surface area contributed by atoms with Crippen LogP contribution in [0.4, 0.5) is 5.69 Å². The first-order valence-corrected chi connectivity index (χ1v) is 16.8. The Morgan fingerprint density at radius 1 is 0.955 bits per heavy atom. The fourth-order valence-electron chi connectivity index (χ4n) is 4.91. The van der Waals surface area contributed by atoms with Gasteiger partial charge >= 0.3 is 11.9 Å². The number of ether oxygens (including phenoxy) is 2. The highest BCUT2D eigenvalue weighted by atomic mass is 35.5. The summed E-state index contributed by atoms with van der Waals surface area (Å²) in [5, 5.41) is 12.8. The largest absolute Gasteiger partial charge is 0.479 e. The number of hydrogen-bond donors (Lipinski definition) is 2. The molecule has 0 bridgehead atoms. The van der Waals surface area contributed by atoms with E-state index in [1.165, 1.54) is 0 Å². The number of aliphatic carboxylic acids is 1. The number of nitrogens with one attached hydrogen (secondary N) is 1. The number of thiophene rings is 1. The zero-order chi connectivity index (χ0) is 31.1. The van der Waals surface area contributed by atoms with Crippen LogP contribution in [0.15, 0.2) is 84.9 Å². The summed E-state index contributed by atoms with van der Waals surface area (Å²) < 4.78 is 38.4. The molecule has 1 aromatic heterocycles. The van der Waals surface area contributed by atoms with E-state index in [0.717, 1.165) is 28.2 Å². The van der Waals surface area contributed by atoms with Crippen LogP contribution in [-0.2, 0) is 31.9 Å². The average Bonchev–Trinajstić information content (AvgIpc) is 3.36. The summed E-state index contributed by atoms with van der Waals surface area (Å²) in [6, 6.07) is 25.9. The van der Waals surface area contributed by atoms with Gasteiger partial charge in [-0.05, 0) is 41.7 Å². The lowest BCUT2D eigenvalue weighted by atomic mass is 10.1. The van der Waals surface area contributed by atoms with E-state index >= 15 is 0 Å². The van der Waals surface area contributed by atoms with Crippen molar-refractivity contribution in [2.75, 3.05) is 25.0 Å². The molecule has 5 rings (SSSR count).